The number of rotatable bonds is 14. The molecule has 40 heavy (non-hydrogen) atoms. The third-order valence-electron chi connectivity index (χ3n) is 6.57. The van der Waals surface area contributed by atoms with Crippen molar-refractivity contribution in [3.8, 4) is 5.75 Å². The Kier molecular flexibility index (Phi) is 11.1. The molecule has 3 aromatic carbocycles. The van der Waals surface area contributed by atoms with Gasteiger partial charge in [-0.2, -0.15) is 0 Å². The number of para-hydroxylation sites is 2. The third-order valence-corrected chi connectivity index (χ3v) is 7.70. The first-order valence-corrected chi connectivity index (χ1v) is 15.3. The first kappa shape index (κ1) is 30.7. The Bertz CT molecular complexity index is 1380. The summed E-state index contributed by atoms with van der Waals surface area (Å²) in [6.45, 7) is 4.14. The van der Waals surface area contributed by atoms with Crippen molar-refractivity contribution in [1.82, 2.24) is 10.2 Å². The number of benzene rings is 3. The number of aryl methyl sites for hydroxylation is 1. The van der Waals surface area contributed by atoms with Crippen LogP contribution in [0.4, 0.5) is 5.69 Å². The first-order chi connectivity index (χ1) is 19.1. The standard InChI is InChI=1S/C31H39N3O5S/c1-5-6-19-32-31(36)28(21-25-14-8-7-9-15-25)33(22-26-16-12-13-24(2)20-26)30(35)23-34(40(4,37)38)27-17-10-11-18-29(27)39-3/h7-18,20,28H,5-6,19,21-23H2,1-4H3,(H,32,36). The van der Waals surface area contributed by atoms with Gasteiger partial charge in [0, 0.05) is 19.5 Å². The second-order valence-electron chi connectivity index (χ2n) is 9.80. The summed E-state index contributed by atoms with van der Waals surface area (Å²) in [5.74, 6) is -0.449. The molecule has 0 heterocycles. The average molecular weight is 566 g/mol. The zero-order chi connectivity index (χ0) is 29.1. The molecule has 1 N–H and O–H groups in total. The number of amides is 2. The number of carbonyl (C=O) groups is 2. The van der Waals surface area contributed by atoms with E-state index in [9.17, 15) is 18.0 Å². The maximum Gasteiger partial charge on any atom is 0.244 e. The topological polar surface area (TPSA) is 96.0 Å². The molecule has 0 spiro atoms. The molecule has 0 bridgehead atoms. The minimum Gasteiger partial charge on any atom is -0.495 e. The molecule has 0 radical (unpaired) electrons. The summed E-state index contributed by atoms with van der Waals surface area (Å²) < 4.78 is 32.3. The predicted octanol–water partition coefficient (Wildman–Crippen LogP) is 4.33. The molecule has 0 aromatic heterocycles. The van der Waals surface area contributed by atoms with E-state index < -0.39 is 28.5 Å². The van der Waals surface area contributed by atoms with Crippen LogP contribution in [-0.2, 0) is 32.6 Å². The van der Waals surface area contributed by atoms with Gasteiger partial charge in [-0.25, -0.2) is 8.42 Å². The third kappa shape index (κ3) is 8.58. The molecule has 2 amide bonds. The lowest BCUT2D eigenvalue weighted by atomic mass is 10.0. The van der Waals surface area contributed by atoms with Gasteiger partial charge in [-0.05, 0) is 36.6 Å². The Labute approximate surface area is 238 Å². The SMILES string of the molecule is CCCCNC(=O)C(Cc1ccccc1)N(Cc1cccc(C)c1)C(=O)CN(c1ccccc1OC)S(C)(=O)=O. The minimum atomic E-state index is -3.88. The van der Waals surface area contributed by atoms with Crippen LogP contribution in [0.1, 0.15) is 36.5 Å². The molecule has 8 nitrogen and oxygen atoms in total. The van der Waals surface area contributed by atoms with Gasteiger partial charge in [-0.1, -0.05) is 85.6 Å². The number of unbranched alkanes of at least 4 members (excludes halogenated alkanes) is 1. The number of carbonyl (C=O) groups excluding carboxylic acids is 2. The van der Waals surface area contributed by atoms with E-state index in [2.05, 4.69) is 5.32 Å². The van der Waals surface area contributed by atoms with E-state index >= 15 is 0 Å². The average Bonchev–Trinajstić information content (AvgIpc) is 2.93. The smallest absolute Gasteiger partial charge is 0.244 e. The van der Waals surface area contributed by atoms with Crippen LogP contribution < -0.4 is 14.4 Å². The molecule has 1 unspecified atom stereocenters. The van der Waals surface area contributed by atoms with E-state index in [1.165, 1.54) is 12.0 Å². The maximum atomic E-state index is 14.1. The molecule has 0 fully saturated rings. The molecular formula is C31H39N3O5S. The summed E-state index contributed by atoms with van der Waals surface area (Å²) in [4.78, 5) is 29.2. The number of hydrogen-bond acceptors (Lipinski definition) is 5. The Balaban J connectivity index is 2.05. The zero-order valence-corrected chi connectivity index (χ0v) is 24.5. The molecule has 3 rings (SSSR count). The van der Waals surface area contributed by atoms with Gasteiger partial charge in [0.05, 0.1) is 19.1 Å². The van der Waals surface area contributed by atoms with Crippen molar-refractivity contribution in [2.24, 2.45) is 0 Å². The number of ether oxygens (including phenoxy) is 1. The summed E-state index contributed by atoms with van der Waals surface area (Å²) in [6.07, 6.45) is 3.06. The predicted molar refractivity (Wildman–Crippen MR) is 159 cm³/mol. The van der Waals surface area contributed by atoms with Crippen LogP contribution in [0.25, 0.3) is 0 Å². The molecule has 1 atom stereocenters. The van der Waals surface area contributed by atoms with Gasteiger partial charge < -0.3 is 15.0 Å². The summed E-state index contributed by atoms with van der Waals surface area (Å²) >= 11 is 0. The summed E-state index contributed by atoms with van der Waals surface area (Å²) in [5.41, 5.74) is 3.01. The summed E-state index contributed by atoms with van der Waals surface area (Å²) in [6, 6.07) is 23.0. The number of methoxy groups -OCH3 is 1. The highest BCUT2D eigenvalue weighted by atomic mass is 32.2. The van der Waals surface area contributed by atoms with Crippen LogP contribution in [0.3, 0.4) is 0 Å². The Morgan fingerprint density at radius 3 is 2.27 bits per heavy atom. The largest absolute Gasteiger partial charge is 0.495 e. The molecule has 9 heteroatoms. The van der Waals surface area contributed by atoms with E-state index in [0.29, 0.717) is 12.3 Å². The minimum absolute atomic E-state index is 0.142. The van der Waals surface area contributed by atoms with Crippen LogP contribution in [0, 0.1) is 6.92 Å². The van der Waals surface area contributed by atoms with E-state index in [0.717, 1.165) is 40.1 Å². The number of anilines is 1. The van der Waals surface area contributed by atoms with Crippen molar-refractivity contribution in [2.75, 3.05) is 30.8 Å². The van der Waals surface area contributed by atoms with Crippen LogP contribution in [-0.4, -0.2) is 57.6 Å². The lowest BCUT2D eigenvalue weighted by Crippen LogP contribution is -2.53. The quantitative estimate of drug-likeness (QED) is 0.294. The Morgan fingerprint density at radius 2 is 1.62 bits per heavy atom. The van der Waals surface area contributed by atoms with Gasteiger partial charge in [0.15, 0.2) is 0 Å². The van der Waals surface area contributed by atoms with Crippen molar-refractivity contribution >= 4 is 27.5 Å². The Hall–Kier alpha value is -3.85. The number of nitrogens with zero attached hydrogens (tertiary/aromatic N) is 2. The van der Waals surface area contributed by atoms with Crippen molar-refractivity contribution in [3.63, 3.8) is 0 Å². The molecular weight excluding hydrogens is 526 g/mol. The fourth-order valence-electron chi connectivity index (χ4n) is 4.50. The maximum absolute atomic E-state index is 14.1. The molecule has 3 aromatic rings. The zero-order valence-electron chi connectivity index (χ0n) is 23.7. The number of sulfonamides is 1. The van der Waals surface area contributed by atoms with Gasteiger partial charge in [-0.15, -0.1) is 0 Å². The van der Waals surface area contributed by atoms with Gasteiger partial charge in [0.1, 0.15) is 18.3 Å². The second-order valence-corrected chi connectivity index (χ2v) is 11.7. The fourth-order valence-corrected chi connectivity index (χ4v) is 5.35. The van der Waals surface area contributed by atoms with E-state index in [1.54, 1.807) is 24.3 Å². The van der Waals surface area contributed by atoms with Crippen LogP contribution in [0.15, 0.2) is 78.9 Å². The van der Waals surface area contributed by atoms with E-state index in [-0.39, 0.29) is 24.6 Å². The monoisotopic (exact) mass is 565 g/mol. The molecule has 0 saturated carbocycles. The van der Waals surface area contributed by atoms with Crippen LogP contribution >= 0.6 is 0 Å². The summed E-state index contributed by atoms with van der Waals surface area (Å²) in [5, 5.41) is 2.99. The van der Waals surface area contributed by atoms with Crippen molar-refractivity contribution in [1.29, 1.82) is 0 Å². The van der Waals surface area contributed by atoms with Gasteiger partial charge in [0.25, 0.3) is 0 Å². The van der Waals surface area contributed by atoms with Crippen molar-refractivity contribution in [3.05, 3.63) is 95.6 Å². The van der Waals surface area contributed by atoms with Gasteiger partial charge >= 0.3 is 0 Å². The first-order valence-electron chi connectivity index (χ1n) is 13.4. The number of nitrogens with one attached hydrogen (secondary N) is 1. The summed E-state index contributed by atoms with van der Waals surface area (Å²) in [7, 11) is -2.43. The number of hydrogen-bond donors (Lipinski definition) is 1. The molecule has 0 saturated heterocycles. The highest BCUT2D eigenvalue weighted by Gasteiger charge is 2.33. The van der Waals surface area contributed by atoms with Crippen LogP contribution in [0.5, 0.6) is 5.75 Å². The normalized spacial score (nSPS) is 11.9. The highest BCUT2D eigenvalue weighted by molar-refractivity contribution is 7.92. The lowest BCUT2D eigenvalue weighted by Gasteiger charge is -2.33. The molecule has 0 aliphatic carbocycles. The van der Waals surface area contributed by atoms with Gasteiger partial charge in [0.2, 0.25) is 21.8 Å². The van der Waals surface area contributed by atoms with Gasteiger partial charge in [-0.3, -0.25) is 13.9 Å². The fraction of sp³-hybridized carbons (Fsp3) is 0.355. The van der Waals surface area contributed by atoms with Crippen molar-refractivity contribution in [2.45, 2.75) is 45.7 Å². The molecule has 0 aliphatic heterocycles. The van der Waals surface area contributed by atoms with Crippen LogP contribution in [0.2, 0.25) is 0 Å². The second kappa shape index (κ2) is 14.5. The highest BCUT2D eigenvalue weighted by Crippen LogP contribution is 2.30. The van der Waals surface area contributed by atoms with E-state index in [1.807, 2.05) is 68.4 Å². The lowest BCUT2D eigenvalue weighted by molar-refractivity contribution is -0.140. The van der Waals surface area contributed by atoms with Crippen molar-refractivity contribution < 1.29 is 22.7 Å². The molecule has 0 aliphatic rings. The molecule has 214 valence electrons. The van der Waals surface area contributed by atoms with E-state index in [4.69, 9.17) is 4.74 Å². The Morgan fingerprint density at radius 1 is 0.950 bits per heavy atom.